The number of hydrogen-bond acceptors (Lipinski definition) is 4. The van der Waals surface area contributed by atoms with Crippen molar-refractivity contribution in [2.75, 3.05) is 13.7 Å². The maximum atomic E-state index is 11.8. The van der Waals surface area contributed by atoms with Crippen molar-refractivity contribution >= 4 is 22.8 Å². The summed E-state index contributed by atoms with van der Waals surface area (Å²) in [5.41, 5.74) is 2.12. The number of amides is 1. The molecule has 0 saturated heterocycles. The molecule has 0 saturated carbocycles. The Hall–Kier alpha value is -2.50. The fourth-order valence-corrected chi connectivity index (χ4v) is 2.26. The van der Waals surface area contributed by atoms with Crippen molar-refractivity contribution in [2.24, 2.45) is 0 Å². The van der Waals surface area contributed by atoms with Gasteiger partial charge in [-0.05, 0) is 37.1 Å². The second kappa shape index (κ2) is 6.98. The van der Waals surface area contributed by atoms with Crippen LogP contribution in [0, 0.1) is 0 Å². The van der Waals surface area contributed by atoms with E-state index in [0.29, 0.717) is 13.0 Å². The zero-order valence-corrected chi connectivity index (χ0v) is 12.9. The van der Waals surface area contributed by atoms with Gasteiger partial charge in [-0.1, -0.05) is 0 Å². The smallest absolute Gasteiger partial charge is 0.303 e. The van der Waals surface area contributed by atoms with E-state index in [1.807, 2.05) is 24.4 Å². The Labute approximate surface area is 128 Å². The summed E-state index contributed by atoms with van der Waals surface area (Å²) in [7, 11) is 1.63. The molecule has 1 atom stereocenters. The van der Waals surface area contributed by atoms with Crippen molar-refractivity contribution in [3.63, 3.8) is 0 Å². The molecule has 118 valence electrons. The second-order valence-electron chi connectivity index (χ2n) is 5.02. The molecular formula is C16H20N2O4. The van der Waals surface area contributed by atoms with Gasteiger partial charge >= 0.3 is 5.97 Å². The highest BCUT2D eigenvalue weighted by atomic mass is 16.5. The Morgan fingerprint density at radius 3 is 2.82 bits per heavy atom. The predicted molar refractivity (Wildman–Crippen MR) is 82.8 cm³/mol. The normalized spacial score (nSPS) is 12.0. The summed E-state index contributed by atoms with van der Waals surface area (Å²) in [6, 6.07) is 5.81. The summed E-state index contributed by atoms with van der Waals surface area (Å²) >= 11 is 0. The minimum Gasteiger partial charge on any atom is -0.497 e. The van der Waals surface area contributed by atoms with Crippen LogP contribution in [0.15, 0.2) is 24.4 Å². The van der Waals surface area contributed by atoms with E-state index in [-0.39, 0.29) is 5.91 Å². The average molecular weight is 304 g/mol. The monoisotopic (exact) mass is 304 g/mol. The lowest BCUT2D eigenvalue weighted by atomic mass is 10.1. The molecule has 2 aromatic rings. The van der Waals surface area contributed by atoms with E-state index in [4.69, 9.17) is 9.47 Å². The van der Waals surface area contributed by atoms with E-state index < -0.39 is 12.1 Å². The molecule has 1 heterocycles. The molecule has 0 spiro atoms. The number of esters is 1. The summed E-state index contributed by atoms with van der Waals surface area (Å²) in [4.78, 5) is 25.8. The van der Waals surface area contributed by atoms with E-state index in [2.05, 4.69) is 10.3 Å². The Bertz CT molecular complexity index is 678. The van der Waals surface area contributed by atoms with Crippen LogP contribution in [0.25, 0.3) is 10.9 Å². The predicted octanol–water partition coefficient (Wildman–Crippen LogP) is 1.79. The highest BCUT2D eigenvalue weighted by molar-refractivity contribution is 5.85. The third-order valence-corrected chi connectivity index (χ3v) is 3.38. The van der Waals surface area contributed by atoms with Gasteiger partial charge in [0.25, 0.3) is 5.91 Å². The summed E-state index contributed by atoms with van der Waals surface area (Å²) in [5.74, 6) is 0.0276. The first kappa shape index (κ1) is 15.9. The zero-order valence-electron chi connectivity index (χ0n) is 12.9. The van der Waals surface area contributed by atoms with Crippen LogP contribution in [0.3, 0.4) is 0 Å². The van der Waals surface area contributed by atoms with Gasteiger partial charge in [0.1, 0.15) is 5.75 Å². The number of aromatic nitrogens is 1. The van der Waals surface area contributed by atoms with Gasteiger partial charge in [0.05, 0.1) is 7.11 Å². The third-order valence-electron chi connectivity index (χ3n) is 3.38. The van der Waals surface area contributed by atoms with Crippen LogP contribution >= 0.6 is 0 Å². The molecule has 6 heteroatoms. The average Bonchev–Trinajstić information content (AvgIpc) is 2.88. The molecule has 1 unspecified atom stereocenters. The number of benzene rings is 1. The molecule has 0 aliphatic rings. The van der Waals surface area contributed by atoms with Crippen LogP contribution in [0.4, 0.5) is 0 Å². The number of hydrogen-bond donors (Lipinski definition) is 2. The molecule has 0 aliphatic heterocycles. The number of H-pyrrole nitrogens is 1. The summed E-state index contributed by atoms with van der Waals surface area (Å²) < 4.78 is 10.1. The number of ether oxygens (including phenoxy) is 2. The maximum Gasteiger partial charge on any atom is 0.303 e. The van der Waals surface area contributed by atoms with Crippen molar-refractivity contribution in [2.45, 2.75) is 26.4 Å². The number of nitrogens with one attached hydrogen (secondary N) is 2. The molecule has 2 rings (SSSR count). The molecule has 1 aromatic heterocycles. The first-order valence-corrected chi connectivity index (χ1v) is 7.10. The molecule has 22 heavy (non-hydrogen) atoms. The molecule has 0 bridgehead atoms. The number of methoxy groups -OCH3 is 1. The molecule has 0 fully saturated rings. The Balaban J connectivity index is 1.94. The number of aromatic amines is 1. The van der Waals surface area contributed by atoms with Crippen LogP contribution < -0.4 is 10.1 Å². The van der Waals surface area contributed by atoms with Crippen LogP contribution in [-0.4, -0.2) is 36.6 Å². The molecule has 0 radical (unpaired) electrons. The van der Waals surface area contributed by atoms with Gasteiger partial charge in [-0.15, -0.1) is 0 Å². The molecule has 1 aromatic carbocycles. The summed E-state index contributed by atoms with van der Waals surface area (Å²) in [6.45, 7) is 3.30. The highest BCUT2D eigenvalue weighted by Crippen LogP contribution is 2.23. The Kier molecular flexibility index (Phi) is 5.04. The minimum absolute atomic E-state index is 0.298. The van der Waals surface area contributed by atoms with Gasteiger partial charge in [0, 0.05) is 30.6 Å². The van der Waals surface area contributed by atoms with Crippen LogP contribution in [0.1, 0.15) is 19.4 Å². The first-order valence-electron chi connectivity index (χ1n) is 7.10. The molecule has 2 N–H and O–H groups in total. The second-order valence-corrected chi connectivity index (χ2v) is 5.02. The summed E-state index contributed by atoms with van der Waals surface area (Å²) in [5, 5.41) is 3.83. The van der Waals surface area contributed by atoms with Crippen molar-refractivity contribution < 1.29 is 19.1 Å². The van der Waals surface area contributed by atoms with E-state index in [1.165, 1.54) is 6.92 Å². The van der Waals surface area contributed by atoms with E-state index >= 15 is 0 Å². The molecule has 1 amide bonds. The van der Waals surface area contributed by atoms with Gasteiger partial charge in [-0.3, -0.25) is 9.59 Å². The number of fused-ring (bicyclic) bond motifs is 1. The number of carbonyl (C=O) groups excluding carboxylic acids is 2. The topological polar surface area (TPSA) is 80.4 Å². The lowest BCUT2D eigenvalue weighted by Crippen LogP contribution is -2.36. The zero-order chi connectivity index (χ0) is 16.1. The maximum absolute atomic E-state index is 11.8. The van der Waals surface area contributed by atoms with Crippen LogP contribution in [-0.2, 0) is 20.7 Å². The third kappa shape index (κ3) is 3.78. The SMILES string of the molecule is COc1ccc2[nH]cc(CCNC(=O)C(C)OC(C)=O)c2c1. The largest absolute Gasteiger partial charge is 0.497 e. The van der Waals surface area contributed by atoms with Crippen LogP contribution in [0.2, 0.25) is 0 Å². The fraction of sp³-hybridized carbons (Fsp3) is 0.375. The van der Waals surface area contributed by atoms with Crippen molar-refractivity contribution in [1.82, 2.24) is 10.3 Å². The van der Waals surface area contributed by atoms with Gasteiger partial charge in [0.15, 0.2) is 6.10 Å². The lowest BCUT2D eigenvalue weighted by molar-refractivity contribution is -0.152. The molecular weight excluding hydrogens is 284 g/mol. The number of rotatable bonds is 6. The summed E-state index contributed by atoms with van der Waals surface area (Å²) in [6.07, 6.45) is 1.82. The Morgan fingerprint density at radius 2 is 2.14 bits per heavy atom. The van der Waals surface area contributed by atoms with Crippen molar-refractivity contribution in [3.05, 3.63) is 30.0 Å². The Morgan fingerprint density at radius 1 is 1.36 bits per heavy atom. The number of carbonyl (C=O) groups is 2. The van der Waals surface area contributed by atoms with Crippen molar-refractivity contribution in [3.8, 4) is 5.75 Å². The van der Waals surface area contributed by atoms with E-state index in [9.17, 15) is 9.59 Å². The van der Waals surface area contributed by atoms with Gasteiger partial charge in [0.2, 0.25) is 0 Å². The molecule has 0 aliphatic carbocycles. The van der Waals surface area contributed by atoms with Crippen LogP contribution in [0.5, 0.6) is 5.75 Å². The van der Waals surface area contributed by atoms with Crippen molar-refractivity contribution in [1.29, 1.82) is 0 Å². The van der Waals surface area contributed by atoms with E-state index in [1.54, 1.807) is 14.0 Å². The standard InChI is InChI=1S/C16H20N2O4/c1-10(22-11(2)19)16(20)17-7-6-12-9-18-15-5-4-13(21-3)8-14(12)15/h4-5,8-10,18H,6-7H2,1-3H3,(H,17,20). The lowest BCUT2D eigenvalue weighted by Gasteiger charge is -2.11. The van der Waals surface area contributed by atoms with E-state index in [0.717, 1.165) is 22.2 Å². The quantitative estimate of drug-likeness (QED) is 0.797. The van der Waals surface area contributed by atoms with Gasteiger partial charge in [-0.2, -0.15) is 0 Å². The van der Waals surface area contributed by atoms with Gasteiger partial charge < -0.3 is 19.8 Å². The van der Waals surface area contributed by atoms with Gasteiger partial charge in [-0.25, -0.2) is 0 Å². The molecule has 6 nitrogen and oxygen atoms in total. The highest BCUT2D eigenvalue weighted by Gasteiger charge is 2.15. The minimum atomic E-state index is -0.777. The fourth-order valence-electron chi connectivity index (χ4n) is 2.26. The first-order chi connectivity index (χ1) is 10.5.